The molecule has 8 nitrogen and oxygen atoms in total. The van der Waals surface area contributed by atoms with E-state index in [1.807, 2.05) is 0 Å². The Morgan fingerprint density at radius 1 is 0.750 bits per heavy atom. The Hall–Kier alpha value is 1.15. The molecule has 0 rings (SSSR count). The minimum Gasteiger partial charge on any atom is -0.550 e. The molecule has 0 atom stereocenters. The topological polar surface area (TPSA) is 133 Å². The molecule has 0 unspecified atom stereocenters. The first kappa shape index (κ1) is 29.2. The zero-order valence-electron chi connectivity index (χ0n) is 12.1. The van der Waals surface area contributed by atoms with Crippen molar-refractivity contribution in [2.45, 2.75) is 26.7 Å². The fraction of sp³-hybridized carbons (Fsp3) is 0.600. The number of rotatable bonds is 6. The maximum absolute atomic E-state index is 10.2. The van der Waals surface area contributed by atoms with E-state index in [4.69, 9.17) is 0 Å². The van der Waals surface area contributed by atoms with E-state index in [-0.39, 0.29) is 116 Å². The summed E-state index contributed by atoms with van der Waals surface area (Å²) >= 11 is 0. The molecule has 0 bridgehead atoms. The molecule has 0 aliphatic carbocycles. The van der Waals surface area contributed by atoms with Gasteiger partial charge in [-0.05, 0) is 13.8 Å². The van der Waals surface area contributed by atoms with Gasteiger partial charge in [-0.15, -0.1) is 0 Å². The van der Waals surface area contributed by atoms with Crippen molar-refractivity contribution in [1.82, 2.24) is 0 Å². The first-order chi connectivity index (χ1) is 8.33. The summed E-state index contributed by atoms with van der Waals surface area (Å²) in [6.45, 7) is 3.61. The molecule has 0 saturated carbocycles. The van der Waals surface area contributed by atoms with Crippen LogP contribution in [0.2, 0.25) is 0 Å². The molecule has 0 aromatic carbocycles. The molecule has 0 aromatic rings. The first-order valence-electron chi connectivity index (χ1n) is 5.04. The standard InChI is InChI=1S/2C5H8O4.2K/c2*1-2-9-5(8)3-4(6)7;;/h2*2-3H2,1H3,(H,6,7);;/q;;2*+1/p-2. The second-order valence-corrected chi connectivity index (χ2v) is 2.71. The molecular formula is C10H14K2O8. The Bertz CT molecular complexity index is 276. The van der Waals surface area contributed by atoms with Gasteiger partial charge in [0.1, 0.15) is 0 Å². The fourth-order valence-electron chi connectivity index (χ4n) is 0.660. The van der Waals surface area contributed by atoms with Crippen molar-refractivity contribution in [3.63, 3.8) is 0 Å². The average Bonchev–Trinajstić information content (AvgIpc) is 2.16. The van der Waals surface area contributed by atoms with Crippen LogP contribution in [0.15, 0.2) is 0 Å². The van der Waals surface area contributed by atoms with Gasteiger partial charge in [0.05, 0.1) is 38.0 Å². The van der Waals surface area contributed by atoms with Gasteiger partial charge in [0.2, 0.25) is 0 Å². The third-order valence-corrected chi connectivity index (χ3v) is 1.19. The molecule has 0 saturated heterocycles. The summed E-state index contributed by atoms with van der Waals surface area (Å²) in [4.78, 5) is 39.8. The molecule has 10 heteroatoms. The second-order valence-electron chi connectivity index (χ2n) is 2.71. The van der Waals surface area contributed by atoms with Gasteiger partial charge in [-0.1, -0.05) is 0 Å². The molecule has 0 radical (unpaired) electrons. The zero-order chi connectivity index (χ0) is 14.6. The van der Waals surface area contributed by atoms with E-state index < -0.39 is 36.7 Å². The molecule has 0 fully saturated rings. The molecular weight excluding hydrogens is 326 g/mol. The van der Waals surface area contributed by atoms with Gasteiger partial charge in [-0.3, -0.25) is 9.59 Å². The van der Waals surface area contributed by atoms with E-state index in [0.717, 1.165) is 0 Å². The van der Waals surface area contributed by atoms with Crippen molar-refractivity contribution < 1.29 is 142 Å². The number of carbonyl (C=O) groups excluding carboxylic acids is 4. The molecule has 0 spiro atoms. The average molecular weight is 340 g/mol. The minimum absolute atomic E-state index is 0. The predicted octanol–water partition coefficient (Wildman–Crippen LogP) is -8.61. The number of hydrogen-bond acceptors (Lipinski definition) is 8. The third-order valence-electron chi connectivity index (χ3n) is 1.19. The molecule has 20 heavy (non-hydrogen) atoms. The van der Waals surface area contributed by atoms with Crippen LogP contribution in [0.1, 0.15) is 26.7 Å². The Morgan fingerprint density at radius 3 is 1.15 bits per heavy atom. The second kappa shape index (κ2) is 20.2. The molecule has 0 amide bonds. The van der Waals surface area contributed by atoms with E-state index in [0.29, 0.717) is 0 Å². The van der Waals surface area contributed by atoms with Crippen LogP contribution in [-0.4, -0.2) is 37.1 Å². The Labute approximate surface area is 201 Å². The fourth-order valence-corrected chi connectivity index (χ4v) is 0.660. The summed E-state index contributed by atoms with van der Waals surface area (Å²) in [5, 5.41) is 19.3. The molecule has 0 N–H and O–H groups in total. The Morgan fingerprint density at radius 2 is 1.00 bits per heavy atom. The van der Waals surface area contributed by atoms with Crippen LogP contribution in [-0.2, 0) is 28.7 Å². The Balaban J connectivity index is -0.000000116. The van der Waals surface area contributed by atoms with Crippen LogP contribution in [0.4, 0.5) is 0 Å². The van der Waals surface area contributed by atoms with E-state index in [1.54, 1.807) is 13.8 Å². The van der Waals surface area contributed by atoms with Crippen LogP contribution in [0.3, 0.4) is 0 Å². The zero-order valence-corrected chi connectivity index (χ0v) is 18.3. The number of carboxylic acid groups (broad SMARTS) is 2. The van der Waals surface area contributed by atoms with Gasteiger partial charge < -0.3 is 29.3 Å². The Kier molecular flexibility index (Phi) is 29.4. The van der Waals surface area contributed by atoms with Gasteiger partial charge in [-0.25, -0.2) is 0 Å². The number of carboxylic acids is 2. The summed E-state index contributed by atoms with van der Waals surface area (Å²) in [5.74, 6) is -4.32. The summed E-state index contributed by atoms with van der Waals surface area (Å²) in [5.41, 5.74) is 0. The summed E-state index contributed by atoms with van der Waals surface area (Å²) in [6, 6.07) is 0. The summed E-state index contributed by atoms with van der Waals surface area (Å²) in [7, 11) is 0. The molecule has 104 valence electrons. The molecule has 0 heterocycles. The van der Waals surface area contributed by atoms with Crippen molar-refractivity contribution in [2.75, 3.05) is 13.2 Å². The predicted molar refractivity (Wildman–Crippen MR) is 52.5 cm³/mol. The number of aliphatic carboxylic acids is 2. The normalized spacial score (nSPS) is 7.70. The number of esters is 2. The van der Waals surface area contributed by atoms with Crippen LogP contribution in [0, 0.1) is 0 Å². The van der Waals surface area contributed by atoms with E-state index in [1.165, 1.54) is 0 Å². The number of ether oxygens (including phenoxy) is 2. The van der Waals surface area contributed by atoms with Crippen molar-refractivity contribution in [2.24, 2.45) is 0 Å². The van der Waals surface area contributed by atoms with Gasteiger partial charge in [-0.2, -0.15) is 0 Å². The first-order valence-corrected chi connectivity index (χ1v) is 5.04. The van der Waals surface area contributed by atoms with E-state index >= 15 is 0 Å². The van der Waals surface area contributed by atoms with Crippen molar-refractivity contribution in [3.8, 4) is 0 Å². The monoisotopic (exact) mass is 340 g/mol. The van der Waals surface area contributed by atoms with E-state index in [9.17, 15) is 29.4 Å². The quantitative estimate of drug-likeness (QED) is 0.264. The van der Waals surface area contributed by atoms with Crippen LogP contribution in [0.25, 0.3) is 0 Å². The maximum Gasteiger partial charge on any atom is 1.00 e. The van der Waals surface area contributed by atoms with Crippen LogP contribution >= 0.6 is 0 Å². The maximum atomic E-state index is 10.2. The smallest absolute Gasteiger partial charge is 0.550 e. The summed E-state index contributed by atoms with van der Waals surface area (Å²) < 4.78 is 8.59. The number of carbonyl (C=O) groups is 4. The van der Waals surface area contributed by atoms with Gasteiger partial charge in [0.25, 0.3) is 0 Å². The molecule has 0 aliphatic heterocycles. The minimum atomic E-state index is -1.41. The van der Waals surface area contributed by atoms with Gasteiger partial charge in [0.15, 0.2) is 0 Å². The van der Waals surface area contributed by atoms with Crippen LogP contribution < -0.4 is 113 Å². The molecule has 0 aliphatic rings. The van der Waals surface area contributed by atoms with Crippen LogP contribution in [0.5, 0.6) is 0 Å². The van der Waals surface area contributed by atoms with Crippen molar-refractivity contribution >= 4 is 23.9 Å². The SMILES string of the molecule is CCOC(=O)CC(=O)[O-].CCOC(=O)CC(=O)[O-].[K+].[K+]. The van der Waals surface area contributed by atoms with Gasteiger partial charge >= 0.3 is 115 Å². The van der Waals surface area contributed by atoms with E-state index in [2.05, 4.69) is 9.47 Å². The van der Waals surface area contributed by atoms with Gasteiger partial charge in [0, 0.05) is 0 Å². The number of hydrogen-bond donors (Lipinski definition) is 0. The third kappa shape index (κ3) is 27.5. The largest absolute Gasteiger partial charge is 1.00 e. The molecule has 0 aromatic heterocycles. The van der Waals surface area contributed by atoms with Crippen molar-refractivity contribution in [1.29, 1.82) is 0 Å². The summed E-state index contributed by atoms with van der Waals surface area (Å²) in [6.07, 6.45) is -1.32. The van der Waals surface area contributed by atoms with Crippen molar-refractivity contribution in [3.05, 3.63) is 0 Å².